The molecule has 0 radical (unpaired) electrons. The summed E-state index contributed by atoms with van der Waals surface area (Å²) in [5.74, 6) is -0.432. The third kappa shape index (κ3) is 2.26. The molecular formula is C14H22N2O4. The first-order valence-corrected chi connectivity index (χ1v) is 7.56. The zero-order valence-electron chi connectivity index (χ0n) is 11.6. The number of piperidine rings is 1. The van der Waals surface area contributed by atoms with E-state index < -0.39 is 18.1 Å². The molecule has 4 atom stereocenters. The second-order valence-electron chi connectivity index (χ2n) is 6.27. The topological polar surface area (TPSA) is 81.1 Å². The molecule has 2 saturated heterocycles. The van der Waals surface area contributed by atoms with E-state index in [0.29, 0.717) is 5.92 Å². The van der Waals surface area contributed by atoms with Gasteiger partial charge in [-0.1, -0.05) is 6.42 Å². The summed E-state index contributed by atoms with van der Waals surface area (Å²) in [4.78, 5) is 27.2. The van der Waals surface area contributed by atoms with E-state index >= 15 is 0 Å². The standard InChI is InChI=1S/C14H22N2O4/c17-10-7-12(13(18)19)16(8-10)14(20)15-6-2-4-9-3-1-5-11(9)15/h9-12,17H,1-8H2,(H,18,19)/t9?,10-,11?,12-/m1/s1. The highest BCUT2D eigenvalue weighted by Crippen LogP contribution is 2.37. The van der Waals surface area contributed by atoms with E-state index in [1.54, 1.807) is 0 Å². The van der Waals surface area contributed by atoms with E-state index in [2.05, 4.69) is 0 Å². The van der Waals surface area contributed by atoms with E-state index in [0.717, 1.165) is 25.8 Å². The van der Waals surface area contributed by atoms with Crippen molar-refractivity contribution in [2.45, 2.75) is 56.7 Å². The number of aliphatic hydroxyl groups is 1. The summed E-state index contributed by atoms with van der Waals surface area (Å²) in [6.45, 7) is 0.864. The van der Waals surface area contributed by atoms with Gasteiger partial charge < -0.3 is 20.0 Å². The predicted octanol–water partition coefficient (Wildman–Crippen LogP) is 0.891. The number of carbonyl (C=O) groups is 2. The van der Waals surface area contributed by atoms with Gasteiger partial charge in [0, 0.05) is 25.6 Å². The number of carbonyl (C=O) groups excluding carboxylic acids is 1. The van der Waals surface area contributed by atoms with Crippen LogP contribution in [0.15, 0.2) is 0 Å². The van der Waals surface area contributed by atoms with E-state index in [4.69, 9.17) is 0 Å². The number of β-amino-alcohol motifs (C(OH)–C–C–N with tert-alkyl or cyclic N) is 1. The fraction of sp³-hybridized carbons (Fsp3) is 0.857. The third-order valence-corrected chi connectivity index (χ3v) is 5.05. The monoisotopic (exact) mass is 282 g/mol. The first kappa shape index (κ1) is 13.7. The van der Waals surface area contributed by atoms with Crippen LogP contribution in [-0.4, -0.2) is 63.3 Å². The predicted molar refractivity (Wildman–Crippen MR) is 71.2 cm³/mol. The van der Waals surface area contributed by atoms with Crippen molar-refractivity contribution in [1.82, 2.24) is 9.80 Å². The van der Waals surface area contributed by atoms with Gasteiger partial charge in [-0.05, 0) is 31.6 Å². The van der Waals surface area contributed by atoms with Crippen molar-refractivity contribution in [2.24, 2.45) is 5.92 Å². The van der Waals surface area contributed by atoms with Gasteiger partial charge in [-0.2, -0.15) is 0 Å². The van der Waals surface area contributed by atoms with E-state index in [1.807, 2.05) is 4.90 Å². The highest BCUT2D eigenvalue weighted by molar-refractivity contribution is 5.83. The minimum Gasteiger partial charge on any atom is -0.480 e. The smallest absolute Gasteiger partial charge is 0.326 e. The molecule has 2 unspecified atom stereocenters. The number of amides is 2. The Bertz CT molecular complexity index is 414. The van der Waals surface area contributed by atoms with E-state index in [-0.39, 0.29) is 25.0 Å². The van der Waals surface area contributed by atoms with E-state index in [1.165, 1.54) is 17.7 Å². The van der Waals surface area contributed by atoms with Gasteiger partial charge >= 0.3 is 12.0 Å². The summed E-state index contributed by atoms with van der Waals surface area (Å²) in [6, 6.07) is -0.784. The SMILES string of the molecule is O=C(O)[C@H]1C[C@@H](O)CN1C(=O)N1CCCC2CCCC21. The lowest BCUT2D eigenvalue weighted by Crippen LogP contribution is -2.54. The van der Waals surface area contributed by atoms with Crippen LogP contribution in [0.3, 0.4) is 0 Å². The molecule has 3 aliphatic rings. The first-order valence-electron chi connectivity index (χ1n) is 7.56. The maximum absolute atomic E-state index is 12.7. The number of carboxylic acid groups (broad SMARTS) is 1. The van der Waals surface area contributed by atoms with Gasteiger partial charge in [-0.3, -0.25) is 0 Å². The van der Waals surface area contributed by atoms with Gasteiger partial charge in [0.1, 0.15) is 6.04 Å². The number of fused-ring (bicyclic) bond motifs is 1. The van der Waals surface area contributed by atoms with Gasteiger partial charge in [0.2, 0.25) is 0 Å². The number of nitrogens with zero attached hydrogens (tertiary/aromatic N) is 2. The quantitative estimate of drug-likeness (QED) is 0.748. The molecule has 2 amide bonds. The van der Waals surface area contributed by atoms with Gasteiger partial charge in [0.15, 0.2) is 0 Å². The highest BCUT2D eigenvalue weighted by atomic mass is 16.4. The Morgan fingerprint density at radius 2 is 1.80 bits per heavy atom. The van der Waals surface area contributed by atoms with Crippen molar-refractivity contribution in [2.75, 3.05) is 13.1 Å². The largest absolute Gasteiger partial charge is 0.480 e. The molecule has 0 spiro atoms. The molecule has 20 heavy (non-hydrogen) atoms. The minimum absolute atomic E-state index is 0.142. The van der Waals surface area contributed by atoms with Crippen LogP contribution in [0.4, 0.5) is 4.79 Å². The number of likely N-dealkylation sites (tertiary alicyclic amines) is 2. The summed E-state index contributed by atoms with van der Waals surface area (Å²) < 4.78 is 0. The Labute approximate surface area is 118 Å². The molecule has 0 aromatic rings. The van der Waals surface area contributed by atoms with Crippen LogP contribution in [0.2, 0.25) is 0 Å². The maximum Gasteiger partial charge on any atom is 0.326 e. The van der Waals surface area contributed by atoms with E-state index in [9.17, 15) is 19.8 Å². The lowest BCUT2D eigenvalue weighted by molar-refractivity contribution is -0.141. The second-order valence-corrected chi connectivity index (χ2v) is 6.27. The van der Waals surface area contributed by atoms with Crippen LogP contribution < -0.4 is 0 Å². The number of hydrogen-bond acceptors (Lipinski definition) is 3. The lowest BCUT2D eigenvalue weighted by Gasteiger charge is -2.40. The van der Waals surface area contributed by atoms with Crippen LogP contribution in [0.1, 0.15) is 38.5 Å². The molecular weight excluding hydrogens is 260 g/mol. The summed E-state index contributed by atoms with van der Waals surface area (Å²) >= 11 is 0. The van der Waals surface area contributed by atoms with Crippen molar-refractivity contribution in [3.8, 4) is 0 Å². The highest BCUT2D eigenvalue weighted by Gasteiger charge is 2.44. The molecule has 2 aliphatic heterocycles. The molecule has 6 heteroatoms. The minimum atomic E-state index is -1.02. The number of urea groups is 1. The fourth-order valence-corrected chi connectivity index (χ4v) is 4.12. The Morgan fingerprint density at radius 1 is 1.05 bits per heavy atom. The Hall–Kier alpha value is -1.30. The van der Waals surface area contributed by atoms with Crippen molar-refractivity contribution >= 4 is 12.0 Å². The van der Waals surface area contributed by atoms with Gasteiger partial charge in [-0.15, -0.1) is 0 Å². The van der Waals surface area contributed by atoms with Crippen LogP contribution in [0, 0.1) is 5.92 Å². The van der Waals surface area contributed by atoms with Crippen molar-refractivity contribution in [3.63, 3.8) is 0 Å². The zero-order valence-corrected chi connectivity index (χ0v) is 11.6. The molecule has 0 aromatic heterocycles. The van der Waals surface area contributed by atoms with Crippen LogP contribution in [0.5, 0.6) is 0 Å². The number of aliphatic hydroxyl groups excluding tert-OH is 1. The molecule has 6 nitrogen and oxygen atoms in total. The van der Waals surface area contributed by atoms with Crippen molar-refractivity contribution in [3.05, 3.63) is 0 Å². The van der Waals surface area contributed by atoms with Gasteiger partial charge in [0.25, 0.3) is 0 Å². The second kappa shape index (κ2) is 5.24. The molecule has 1 saturated carbocycles. The fourth-order valence-electron chi connectivity index (χ4n) is 4.12. The summed E-state index contributed by atoms with van der Waals surface area (Å²) in [5, 5.41) is 18.9. The molecule has 112 valence electrons. The Kier molecular flexibility index (Phi) is 3.58. The molecule has 2 N–H and O–H groups in total. The number of carboxylic acids is 1. The zero-order chi connectivity index (χ0) is 14.3. The van der Waals surface area contributed by atoms with Crippen molar-refractivity contribution in [1.29, 1.82) is 0 Å². The van der Waals surface area contributed by atoms with Gasteiger partial charge in [-0.25, -0.2) is 9.59 Å². The Morgan fingerprint density at radius 3 is 2.55 bits per heavy atom. The normalized spacial score (nSPS) is 37.0. The van der Waals surface area contributed by atoms with Crippen LogP contribution in [-0.2, 0) is 4.79 Å². The number of rotatable bonds is 1. The molecule has 2 heterocycles. The summed E-state index contributed by atoms with van der Waals surface area (Å²) in [6.07, 6.45) is 4.97. The maximum atomic E-state index is 12.7. The van der Waals surface area contributed by atoms with Gasteiger partial charge in [0.05, 0.1) is 6.10 Å². The van der Waals surface area contributed by atoms with Crippen molar-refractivity contribution < 1.29 is 19.8 Å². The number of hydrogen-bond donors (Lipinski definition) is 2. The van der Waals surface area contributed by atoms with Crippen LogP contribution >= 0.6 is 0 Å². The molecule has 0 aromatic carbocycles. The molecule has 1 aliphatic carbocycles. The molecule has 3 fully saturated rings. The Balaban J connectivity index is 1.75. The average molecular weight is 282 g/mol. The molecule has 3 rings (SSSR count). The average Bonchev–Trinajstić information content (AvgIpc) is 3.03. The van der Waals surface area contributed by atoms with Crippen LogP contribution in [0.25, 0.3) is 0 Å². The summed E-state index contributed by atoms with van der Waals surface area (Å²) in [5.41, 5.74) is 0. The first-order chi connectivity index (χ1) is 9.58. The third-order valence-electron chi connectivity index (χ3n) is 5.05. The summed E-state index contributed by atoms with van der Waals surface area (Å²) in [7, 11) is 0. The lowest BCUT2D eigenvalue weighted by atomic mass is 9.92. The molecule has 0 bridgehead atoms. The number of aliphatic carboxylic acids is 1.